The average molecular weight is 240 g/mol. The minimum absolute atomic E-state index is 0.00940. The van der Waals surface area contributed by atoms with Gasteiger partial charge in [-0.25, -0.2) is 0 Å². The van der Waals surface area contributed by atoms with Gasteiger partial charge in [0.25, 0.3) is 0 Å². The molecule has 2 nitrogen and oxygen atoms in total. The van der Waals surface area contributed by atoms with Crippen molar-refractivity contribution in [2.24, 2.45) is 0 Å². The van der Waals surface area contributed by atoms with Crippen LogP contribution in [0.4, 0.5) is 0 Å². The molecule has 2 aromatic rings. The Bertz CT molecular complexity index is 587. The Morgan fingerprint density at radius 3 is 2.56 bits per heavy atom. The Hall–Kier alpha value is -1.80. The van der Waals surface area contributed by atoms with E-state index in [0.29, 0.717) is 0 Å². The van der Waals surface area contributed by atoms with E-state index in [1.165, 1.54) is 5.56 Å². The van der Waals surface area contributed by atoms with Gasteiger partial charge >= 0.3 is 0 Å². The van der Waals surface area contributed by atoms with Gasteiger partial charge in [-0.05, 0) is 26.0 Å². The van der Waals surface area contributed by atoms with Crippen LogP contribution in [0.15, 0.2) is 42.5 Å². The summed E-state index contributed by atoms with van der Waals surface area (Å²) < 4.78 is 5.90. The van der Waals surface area contributed by atoms with Crippen molar-refractivity contribution in [2.75, 3.05) is 0 Å². The quantitative estimate of drug-likeness (QED) is 0.825. The van der Waals surface area contributed by atoms with Crippen LogP contribution in [0.3, 0.4) is 0 Å². The van der Waals surface area contributed by atoms with Crippen LogP contribution < -0.4 is 4.74 Å². The Balaban J connectivity index is 2.21. The Morgan fingerprint density at radius 1 is 1.06 bits per heavy atom. The normalized spacial score (nSPS) is 18.5. The molecule has 0 bridgehead atoms. The number of fused-ring (bicyclic) bond motifs is 2. The lowest BCUT2D eigenvalue weighted by Gasteiger charge is -2.30. The van der Waals surface area contributed by atoms with Crippen molar-refractivity contribution in [1.82, 2.24) is 0 Å². The topological polar surface area (TPSA) is 29.5 Å². The van der Waals surface area contributed by atoms with Gasteiger partial charge in [-0.2, -0.15) is 0 Å². The molecule has 0 saturated heterocycles. The third-order valence-electron chi connectivity index (χ3n) is 3.46. The summed E-state index contributed by atoms with van der Waals surface area (Å²) in [7, 11) is 0. The van der Waals surface area contributed by atoms with Crippen molar-refractivity contribution in [2.45, 2.75) is 25.9 Å². The SMILES string of the molecule is Cc1ccc2c(c1)C(C(C)O)c1ccccc1O2. The van der Waals surface area contributed by atoms with E-state index in [1.807, 2.05) is 43.3 Å². The Labute approximate surface area is 107 Å². The summed E-state index contributed by atoms with van der Waals surface area (Å²) in [5.74, 6) is 1.69. The maximum absolute atomic E-state index is 10.1. The van der Waals surface area contributed by atoms with Gasteiger partial charge in [-0.15, -0.1) is 0 Å². The second kappa shape index (κ2) is 4.14. The highest BCUT2D eigenvalue weighted by atomic mass is 16.5. The first-order valence-corrected chi connectivity index (χ1v) is 6.22. The van der Waals surface area contributed by atoms with Crippen molar-refractivity contribution < 1.29 is 9.84 Å². The highest BCUT2D eigenvalue weighted by molar-refractivity contribution is 5.54. The van der Waals surface area contributed by atoms with E-state index >= 15 is 0 Å². The largest absolute Gasteiger partial charge is 0.457 e. The lowest BCUT2D eigenvalue weighted by Crippen LogP contribution is -2.20. The fourth-order valence-corrected chi connectivity index (χ4v) is 2.64. The third-order valence-corrected chi connectivity index (χ3v) is 3.46. The molecule has 2 aromatic carbocycles. The summed E-state index contributed by atoms with van der Waals surface area (Å²) in [6.07, 6.45) is -0.435. The number of aliphatic hydroxyl groups excluding tert-OH is 1. The molecule has 1 N–H and O–H groups in total. The highest BCUT2D eigenvalue weighted by Crippen LogP contribution is 2.45. The predicted molar refractivity (Wildman–Crippen MR) is 71.2 cm³/mol. The number of hydrogen-bond acceptors (Lipinski definition) is 2. The molecule has 0 radical (unpaired) electrons. The standard InChI is InChI=1S/C16H16O2/c1-10-7-8-15-13(9-10)16(11(2)17)12-5-3-4-6-14(12)18-15/h3-9,11,16-17H,1-2H3. The zero-order valence-corrected chi connectivity index (χ0v) is 10.6. The second-order valence-electron chi connectivity index (χ2n) is 4.90. The molecule has 0 fully saturated rings. The molecule has 0 amide bonds. The van der Waals surface area contributed by atoms with Gasteiger partial charge in [-0.1, -0.05) is 35.9 Å². The van der Waals surface area contributed by atoms with Crippen molar-refractivity contribution in [1.29, 1.82) is 0 Å². The van der Waals surface area contributed by atoms with Crippen molar-refractivity contribution in [3.05, 3.63) is 59.2 Å². The predicted octanol–water partition coefficient (Wildman–Crippen LogP) is 3.61. The summed E-state index contributed by atoms with van der Waals surface area (Å²) in [6.45, 7) is 3.89. The van der Waals surface area contributed by atoms with E-state index in [1.54, 1.807) is 0 Å². The number of hydrogen-bond donors (Lipinski definition) is 1. The van der Waals surface area contributed by atoms with Crippen LogP contribution in [-0.4, -0.2) is 11.2 Å². The van der Waals surface area contributed by atoms with Gasteiger partial charge < -0.3 is 9.84 Å². The number of rotatable bonds is 1. The van der Waals surface area contributed by atoms with Crippen molar-refractivity contribution in [3.63, 3.8) is 0 Å². The molecule has 0 saturated carbocycles. The van der Waals surface area contributed by atoms with Crippen LogP contribution in [0, 0.1) is 6.92 Å². The maximum atomic E-state index is 10.1. The summed E-state index contributed by atoms with van der Waals surface area (Å²) in [6, 6.07) is 14.0. The highest BCUT2D eigenvalue weighted by Gasteiger charge is 2.30. The van der Waals surface area contributed by atoms with Crippen LogP contribution >= 0.6 is 0 Å². The van der Waals surface area contributed by atoms with Gasteiger partial charge in [0.1, 0.15) is 11.5 Å². The third kappa shape index (κ3) is 1.70. The zero-order valence-electron chi connectivity index (χ0n) is 10.6. The second-order valence-corrected chi connectivity index (χ2v) is 4.90. The number of ether oxygens (including phenoxy) is 1. The van der Waals surface area contributed by atoms with Crippen LogP contribution in [0.2, 0.25) is 0 Å². The van der Waals surface area contributed by atoms with E-state index in [9.17, 15) is 5.11 Å². The molecule has 1 aliphatic rings. The maximum Gasteiger partial charge on any atom is 0.131 e. The lowest BCUT2D eigenvalue weighted by molar-refractivity contribution is 0.171. The van der Waals surface area contributed by atoms with Gasteiger partial charge in [0, 0.05) is 17.0 Å². The molecule has 0 aromatic heterocycles. The number of aliphatic hydroxyl groups is 1. The van der Waals surface area contributed by atoms with Gasteiger partial charge in [0.15, 0.2) is 0 Å². The van der Waals surface area contributed by atoms with E-state index in [-0.39, 0.29) is 5.92 Å². The number of benzene rings is 2. The molecule has 2 atom stereocenters. The first kappa shape index (κ1) is 11.3. The fraction of sp³-hybridized carbons (Fsp3) is 0.250. The summed E-state index contributed by atoms with van der Waals surface area (Å²) in [5, 5.41) is 10.1. The van der Waals surface area contributed by atoms with E-state index in [4.69, 9.17) is 4.74 Å². The zero-order chi connectivity index (χ0) is 12.7. The van der Waals surface area contributed by atoms with Crippen molar-refractivity contribution in [3.8, 4) is 11.5 Å². The molecule has 0 aliphatic carbocycles. The minimum Gasteiger partial charge on any atom is -0.457 e. The molecular weight excluding hydrogens is 224 g/mol. The monoisotopic (exact) mass is 240 g/mol. The van der Waals surface area contributed by atoms with Gasteiger partial charge in [-0.3, -0.25) is 0 Å². The molecule has 2 heteroatoms. The number of aryl methyl sites for hydroxylation is 1. The summed E-state index contributed by atoms with van der Waals surface area (Å²) in [4.78, 5) is 0. The van der Waals surface area contributed by atoms with Crippen LogP contribution in [0.1, 0.15) is 29.5 Å². The molecular formula is C16H16O2. The van der Waals surface area contributed by atoms with E-state index in [0.717, 1.165) is 22.6 Å². The van der Waals surface area contributed by atoms with E-state index < -0.39 is 6.10 Å². The van der Waals surface area contributed by atoms with Crippen LogP contribution in [-0.2, 0) is 0 Å². The van der Waals surface area contributed by atoms with Gasteiger partial charge in [0.2, 0.25) is 0 Å². The molecule has 1 aliphatic heterocycles. The average Bonchev–Trinajstić information content (AvgIpc) is 2.35. The first-order chi connectivity index (χ1) is 8.66. The van der Waals surface area contributed by atoms with Gasteiger partial charge in [0.05, 0.1) is 6.10 Å². The Kier molecular flexibility index (Phi) is 2.60. The van der Waals surface area contributed by atoms with Crippen molar-refractivity contribution >= 4 is 0 Å². The summed E-state index contributed by atoms with van der Waals surface area (Å²) in [5.41, 5.74) is 3.32. The van der Waals surface area contributed by atoms with E-state index in [2.05, 4.69) is 13.0 Å². The first-order valence-electron chi connectivity index (χ1n) is 6.22. The molecule has 2 unspecified atom stereocenters. The summed E-state index contributed by atoms with van der Waals surface area (Å²) >= 11 is 0. The smallest absolute Gasteiger partial charge is 0.131 e. The molecule has 3 rings (SSSR count). The number of para-hydroxylation sites is 1. The van der Waals surface area contributed by atoms with Crippen LogP contribution in [0.25, 0.3) is 0 Å². The molecule has 0 spiro atoms. The molecule has 92 valence electrons. The molecule has 1 heterocycles. The lowest BCUT2D eigenvalue weighted by atomic mass is 9.84. The Morgan fingerprint density at radius 2 is 1.78 bits per heavy atom. The minimum atomic E-state index is -0.435. The molecule has 18 heavy (non-hydrogen) atoms. The van der Waals surface area contributed by atoms with Crippen LogP contribution in [0.5, 0.6) is 11.5 Å². The fourth-order valence-electron chi connectivity index (χ4n) is 2.64.